The number of ketones is 1. The highest BCUT2D eigenvalue weighted by Gasteiger charge is 2.12. The minimum atomic E-state index is -0.952. The molecule has 0 aliphatic carbocycles. The molecule has 0 aliphatic rings. The van der Waals surface area contributed by atoms with Gasteiger partial charge in [-0.1, -0.05) is 13.3 Å². The minimum Gasteiger partial charge on any atom is -0.481 e. The number of carboxylic acid groups (broad SMARTS) is 1. The maximum absolute atomic E-state index is 11.0. The molecule has 0 aromatic heterocycles. The van der Waals surface area contributed by atoms with Crippen LogP contribution in [0, 0.1) is 0 Å². The molecule has 0 spiro atoms. The van der Waals surface area contributed by atoms with Crippen LogP contribution in [0.25, 0.3) is 0 Å². The second kappa shape index (κ2) is 5.71. The fourth-order valence-electron chi connectivity index (χ4n) is 0.888. The van der Waals surface area contributed by atoms with Gasteiger partial charge < -0.3 is 10.8 Å². The Morgan fingerprint density at radius 2 is 2.00 bits per heavy atom. The topological polar surface area (TPSA) is 80.4 Å². The van der Waals surface area contributed by atoms with E-state index in [9.17, 15) is 9.59 Å². The third-order valence-electron chi connectivity index (χ3n) is 1.60. The Balaban J connectivity index is 3.64. The lowest BCUT2D eigenvalue weighted by molar-refractivity contribution is -0.138. The summed E-state index contributed by atoms with van der Waals surface area (Å²) < 4.78 is 0. The van der Waals surface area contributed by atoms with E-state index < -0.39 is 12.0 Å². The van der Waals surface area contributed by atoms with Crippen LogP contribution in [-0.4, -0.2) is 22.9 Å². The van der Waals surface area contributed by atoms with Crippen LogP contribution in [0.4, 0.5) is 0 Å². The molecule has 0 aromatic rings. The highest BCUT2D eigenvalue weighted by Crippen LogP contribution is 2.00. The van der Waals surface area contributed by atoms with Crippen molar-refractivity contribution >= 4 is 11.8 Å². The van der Waals surface area contributed by atoms with Crippen LogP contribution in [0.2, 0.25) is 0 Å². The van der Waals surface area contributed by atoms with E-state index in [0.29, 0.717) is 6.42 Å². The molecule has 0 saturated carbocycles. The number of rotatable bonds is 6. The molecule has 3 N–H and O–H groups in total. The Hall–Kier alpha value is -0.900. The fourth-order valence-corrected chi connectivity index (χ4v) is 0.888. The van der Waals surface area contributed by atoms with E-state index >= 15 is 0 Å². The van der Waals surface area contributed by atoms with Gasteiger partial charge in [0.25, 0.3) is 0 Å². The van der Waals surface area contributed by atoms with Gasteiger partial charge in [-0.3, -0.25) is 9.59 Å². The van der Waals surface area contributed by atoms with Crippen molar-refractivity contribution < 1.29 is 14.7 Å². The molecule has 1 atom stereocenters. The largest absolute Gasteiger partial charge is 0.481 e. The van der Waals surface area contributed by atoms with Gasteiger partial charge in [0, 0.05) is 6.42 Å². The van der Waals surface area contributed by atoms with Crippen LogP contribution in [0.3, 0.4) is 0 Å². The molecule has 0 heterocycles. The van der Waals surface area contributed by atoms with E-state index in [2.05, 4.69) is 0 Å². The number of carboxylic acids is 1. The second-order valence-electron chi connectivity index (χ2n) is 2.76. The van der Waals surface area contributed by atoms with Crippen LogP contribution >= 0.6 is 0 Å². The van der Waals surface area contributed by atoms with Gasteiger partial charge in [0.05, 0.1) is 12.5 Å². The van der Waals surface area contributed by atoms with Gasteiger partial charge in [-0.2, -0.15) is 0 Å². The van der Waals surface area contributed by atoms with Crippen molar-refractivity contribution in [3.05, 3.63) is 0 Å². The first-order chi connectivity index (χ1) is 5.57. The summed E-state index contributed by atoms with van der Waals surface area (Å²) in [4.78, 5) is 21.1. The van der Waals surface area contributed by atoms with Crippen LogP contribution in [-0.2, 0) is 9.59 Å². The van der Waals surface area contributed by atoms with Crippen molar-refractivity contribution in [3.8, 4) is 0 Å². The minimum absolute atomic E-state index is 0.0521. The van der Waals surface area contributed by atoms with Gasteiger partial charge in [0.1, 0.15) is 5.78 Å². The summed E-state index contributed by atoms with van der Waals surface area (Å²) in [6.45, 7) is 1.93. The first kappa shape index (κ1) is 11.1. The normalized spacial score (nSPS) is 12.5. The van der Waals surface area contributed by atoms with Crippen molar-refractivity contribution in [2.45, 2.75) is 38.6 Å². The van der Waals surface area contributed by atoms with E-state index in [1.165, 1.54) is 0 Å². The molecule has 4 nitrogen and oxygen atoms in total. The highest BCUT2D eigenvalue weighted by molar-refractivity contribution is 5.86. The third-order valence-corrected chi connectivity index (χ3v) is 1.60. The lowest BCUT2D eigenvalue weighted by atomic mass is 10.0. The number of hydrogen-bond acceptors (Lipinski definition) is 3. The summed E-state index contributed by atoms with van der Waals surface area (Å²) in [5.41, 5.74) is 5.47. The molecule has 1 unspecified atom stereocenters. The lowest BCUT2D eigenvalue weighted by Gasteiger charge is -2.06. The average molecular weight is 173 g/mol. The number of Topliss-reactive ketones (excluding diaryl/α,β-unsaturated/α-hetero) is 1. The van der Waals surface area contributed by atoms with Crippen molar-refractivity contribution in [1.82, 2.24) is 0 Å². The summed E-state index contributed by atoms with van der Waals surface area (Å²) in [6.07, 6.45) is 1.42. The number of carbonyl (C=O) groups is 2. The predicted octanol–water partition coefficient (Wildman–Crippen LogP) is 0.548. The Morgan fingerprint density at radius 3 is 2.42 bits per heavy atom. The van der Waals surface area contributed by atoms with Gasteiger partial charge in [-0.15, -0.1) is 0 Å². The smallest absolute Gasteiger partial charge is 0.303 e. The summed E-state index contributed by atoms with van der Waals surface area (Å²) in [5.74, 6) is -1.11. The molecule has 0 aromatic carbocycles. The predicted molar refractivity (Wildman–Crippen MR) is 44.8 cm³/mol. The monoisotopic (exact) mass is 173 g/mol. The number of nitrogens with two attached hydrogens (primary N) is 1. The molecule has 70 valence electrons. The van der Waals surface area contributed by atoms with Gasteiger partial charge in [0.15, 0.2) is 0 Å². The maximum atomic E-state index is 11.0. The molecule has 0 radical (unpaired) electrons. The zero-order chi connectivity index (χ0) is 9.56. The molecule has 0 aliphatic heterocycles. The molecular formula is C8H15NO3. The summed E-state index contributed by atoms with van der Waals surface area (Å²) in [6, 6.07) is -0.477. The average Bonchev–Trinajstić information content (AvgIpc) is 2.00. The highest BCUT2D eigenvalue weighted by atomic mass is 16.4. The Morgan fingerprint density at radius 1 is 1.42 bits per heavy atom. The fraction of sp³-hybridized carbons (Fsp3) is 0.750. The van der Waals surface area contributed by atoms with Crippen LogP contribution in [0.5, 0.6) is 0 Å². The van der Waals surface area contributed by atoms with Crippen molar-refractivity contribution in [3.63, 3.8) is 0 Å². The Kier molecular flexibility index (Phi) is 5.28. The first-order valence-electron chi connectivity index (χ1n) is 4.08. The van der Waals surface area contributed by atoms with Gasteiger partial charge in [0.2, 0.25) is 0 Å². The third kappa shape index (κ3) is 4.85. The van der Waals surface area contributed by atoms with E-state index in [-0.39, 0.29) is 18.6 Å². The molecule has 0 fully saturated rings. The van der Waals surface area contributed by atoms with E-state index in [0.717, 1.165) is 6.42 Å². The molecule has 12 heavy (non-hydrogen) atoms. The van der Waals surface area contributed by atoms with E-state index in [1.54, 1.807) is 0 Å². The quantitative estimate of drug-likeness (QED) is 0.614. The van der Waals surface area contributed by atoms with E-state index in [4.69, 9.17) is 10.8 Å². The van der Waals surface area contributed by atoms with Crippen molar-refractivity contribution in [2.24, 2.45) is 5.73 Å². The molecule has 0 bridgehead atoms. The first-order valence-corrected chi connectivity index (χ1v) is 4.08. The lowest BCUT2D eigenvalue weighted by Crippen LogP contribution is -2.30. The van der Waals surface area contributed by atoms with Gasteiger partial charge in [-0.05, 0) is 6.42 Å². The van der Waals surface area contributed by atoms with Gasteiger partial charge >= 0.3 is 5.97 Å². The zero-order valence-corrected chi connectivity index (χ0v) is 7.25. The molecule has 0 saturated heterocycles. The number of carbonyl (C=O) groups excluding carboxylic acids is 1. The van der Waals surface area contributed by atoms with Crippen LogP contribution in [0.15, 0.2) is 0 Å². The molecule has 0 amide bonds. The van der Waals surface area contributed by atoms with Crippen LogP contribution in [0.1, 0.15) is 32.6 Å². The van der Waals surface area contributed by atoms with Crippen molar-refractivity contribution in [2.75, 3.05) is 0 Å². The van der Waals surface area contributed by atoms with Gasteiger partial charge in [-0.25, -0.2) is 0 Å². The van der Waals surface area contributed by atoms with Crippen LogP contribution < -0.4 is 5.73 Å². The van der Waals surface area contributed by atoms with E-state index in [1.807, 2.05) is 6.92 Å². The summed E-state index contributed by atoms with van der Waals surface area (Å²) >= 11 is 0. The standard InChI is InChI=1S/C8H15NO3/c1-2-3-6(9)7(10)4-5-8(11)12/h6H,2-5,9H2,1H3,(H,11,12). The Bertz CT molecular complexity index is 168. The maximum Gasteiger partial charge on any atom is 0.303 e. The SMILES string of the molecule is CCCC(N)C(=O)CCC(=O)O. The Labute approximate surface area is 71.8 Å². The molecule has 0 rings (SSSR count). The second-order valence-corrected chi connectivity index (χ2v) is 2.76. The summed E-state index contributed by atoms with van der Waals surface area (Å²) in [5, 5.41) is 8.28. The van der Waals surface area contributed by atoms with Crippen molar-refractivity contribution in [1.29, 1.82) is 0 Å². The number of hydrogen-bond donors (Lipinski definition) is 2. The zero-order valence-electron chi connectivity index (χ0n) is 7.25. The molecule has 4 heteroatoms. The summed E-state index contributed by atoms with van der Waals surface area (Å²) in [7, 11) is 0. The molecular weight excluding hydrogens is 158 g/mol. The number of aliphatic carboxylic acids is 1.